The number of carboxylic acids is 1. The van der Waals surface area contributed by atoms with Gasteiger partial charge in [0.15, 0.2) is 0 Å². The number of carbonyl (C=O) groups is 2. The molecule has 0 heterocycles. The Bertz CT molecular complexity index is 1090. The van der Waals surface area contributed by atoms with Gasteiger partial charge < -0.3 is 15.7 Å². The molecule has 39 heavy (non-hydrogen) atoms. The summed E-state index contributed by atoms with van der Waals surface area (Å²) in [6, 6.07) is 10.0. The minimum Gasteiger partial charge on any atom is -0.480 e. The monoisotopic (exact) mass is 574 g/mol. The lowest BCUT2D eigenvalue weighted by molar-refractivity contribution is -0.139. The third-order valence-corrected chi connectivity index (χ3v) is 9.22. The van der Waals surface area contributed by atoms with Crippen molar-refractivity contribution in [1.29, 1.82) is 0 Å². The van der Waals surface area contributed by atoms with Crippen molar-refractivity contribution in [2.75, 3.05) is 23.5 Å². The Balaban J connectivity index is 1.88. The zero-order valence-corrected chi connectivity index (χ0v) is 25.1. The lowest BCUT2D eigenvalue weighted by atomic mass is 9.85. The van der Waals surface area contributed by atoms with Crippen LogP contribution in [0.2, 0.25) is 0 Å². The van der Waals surface area contributed by atoms with Crippen LogP contribution in [-0.4, -0.2) is 52.6 Å². The molecule has 2 aromatic rings. The van der Waals surface area contributed by atoms with Crippen LogP contribution >= 0.6 is 23.5 Å². The molecule has 0 spiro atoms. The summed E-state index contributed by atoms with van der Waals surface area (Å²) in [6.45, 7) is 4.50. The number of amides is 1. The van der Waals surface area contributed by atoms with Crippen LogP contribution in [0, 0.1) is 18.7 Å². The predicted octanol–water partition coefficient (Wildman–Crippen LogP) is 6.92. The van der Waals surface area contributed by atoms with E-state index in [1.807, 2.05) is 49.2 Å². The maximum absolute atomic E-state index is 15.5. The minimum absolute atomic E-state index is 0.154. The van der Waals surface area contributed by atoms with Gasteiger partial charge in [0.25, 0.3) is 5.91 Å². The molecule has 1 amide bonds. The van der Waals surface area contributed by atoms with E-state index in [-0.39, 0.29) is 5.56 Å². The number of hydrogen-bond acceptors (Lipinski definition) is 5. The second kappa shape index (κ2) is 16.3. The number of carboxylic acid groups (broad SMARTS) is 1. The quantitative estimate of drug-likeness (QED) is 0.214. The van der Waals surface area contributed by atoms with Gasteiger partial charge in [-0.3, -0.25) is 4.79 Å². The summed E-state index contributed by atoms with van der Waals surface area (Å²) in [6.07, 6.45) is 9.77. The topological polar surface area (TPSA) is 78.4 Å². The molecule has 0 bridgehead atoms. The van der Waals surface area contributed by atoms with Gasteiger partial charge in [0.2, 0.25) is 0 Å². The number of aryl methyl sites for hydroxylation is 1. The van der Waals surface area contributed by atoms with E-state index in [4.69, 9.17) is 0 Å². The first-order valence-electron chi connectivity index (χ1n) is 14.1. The van der Waals surface area contributed by atoms with Gasteiger partial charge in [0.1, 0.15) is 11.9 Å². The van der Waals surface area contributed by atoms with Gasteiger partial charge in [-0.15, -0.1) is 0 Å². The van der Waals surface area contributed by atoms with Gasteiger partial charge >= 0.3 is 5.97 Å². The number of thioether (sulfide) groups is 2. The van der Waals surface area contributed by atoms with E-state index in [9.17, 15) is 14.7 Å². The van der Waals surface area contributed by atoms with Crippen LogP contribution in [0.5, 0.6) is 0 Å². The first-order valence-corrected chi connectivity index (χ1v) is 16.6. The summed E-state index contributed by atoms with van der Waals surface area (Å²) in [4.78, 5) is 25.1. The Morgan fingerprint density at radius 3 is 2.54 bits per heavy atom. The second-order valence-corrected chi connectivity index (χ2v) is 12.7. The van der Waals surface area contributed by atoms with E-state index in [0.717, 1.165) is 35.0 Å². The van der Waals surface area contributed by atoms with Crippen molar-refractivity contribution in [3.63, 3.8) is 0 Å². The van der Waals surface area contributed by atoms with Crippen LogP contribution < -0.4 is 10.6 Å². The van der Waals surface area contributed by atoms with Crippen molar-refractivity contribution in [2.45, 2.75) is 77.4 Å². The van der Waals surface area contributed by atoms with Crippen LogP contribution in [-0.2, 0) is 11.3 Å². The molecule has 2 unspecified atom stereocenters. The van der Waals surface area contributed by atoms with Crippen molar-refractivity contribution in [2.24, 2.45) is 5.92 Å². The van der Waals surface area contributed by atoms with E-state index in [1.54, 1.807) is 6.07 Å². The number of hydrogen-bond donors (Lipinski definition) is 3. The van der Waals surface area contributed by atoms with Crippen molar-refractivity contribution >= 4 is 35.4 Å². The first-order chi connectivity index (χ1) is 18.8. The Hall–Kier alpha value is -2.03. The number of aliphatic carboxylic acids is 1. The van der Waals surface area contributed by atoms with E-state index in [1.165, 1.54) is 49.9 Å². The summed E-state index contributed by atoms with van der Waals surface area (Å²) in [5, 5.41) is 15.9. The molecule has 8 heteroatoms. The van der Waals surface area contributed by atoms with E-state index in [2.05, 4.69) is 17.6 Å². The fraction of sp³-hybridized carbons (Fsp3) is 0.548. The van der Waals surface area contributed by atoms with Crippen LogP contribution in [0.1, 0.15) is 73.4 Å². The van der Waals surface area contributed by atoms with Gasteiger partial charge in [0.05, 0.1) is 5.56 Å². The van der Waals surface area contributed by atoms with Gasteiger partial charge in [0, 0.05) is 23.9 Å². The Kier molecular flexibility index (Phi) is 13.2. The molecule has 2 aromatic carbocycles. The highest BCUT2D eigenvalue weighted by Crippen LogP contribution is 2.31. The van der Waals surface area contributed by atoms with Crippen molar-refractivity contribution in [1.82, 2.24) is 10.6 Å². The molecule has 0 radical (unpaired) electrons. The minimum atomic E-state index is -1.09. The number of benzene rings is 2. The fourth-order valence-corrected chi connectivity index (χ4v) is 6.56. The molecule has 1 fully saturated rings. The number of carbonyl (C=O) groups excluding carboxylic acids is 1. The van der Waals surface area contributed by atoms with Crippen molar-refractivity contribution < 1.29 is 19.1 Å². The molecule has 1 aliphatic carbocycles. The molecule has 3 N–H and O–H groups in total. The molecule has 1 aliphatic rings. The standard InChI is InChI=1S/C31H43FN2O3S2/c1-4-39-20-24(16-22-11-6-5-7-12-22)33-19-23-17-26(25-13-9-8-10-21(25)2)27(18-28(23)32)30(35)34-29(31(36)37)14-15-38-3/h8-10,13,17-18,22,24,29,33H,4-7,11-12,14-16,19-20H2,1-3H3,(H,34,35)(H,36,37). The summed E-state index contributed by atoms with van der Waals surface area (Å²) in [7, 11) is 0. The molecule has 0 saturated heterocycles. The Morgan fingerprint density at radius 2 is 1.87 bits per heavy atom. The molecule has 0 aromatic heterocycles. The largest absolute Gasteiger partial charge is 0.480 e. The molecule has 214 valence electrons. The molecular weight excluding hydrogens is 531 g/mol. The SMILES string of the molecule is CCSCC(CC1CCCCC1)NCc1cc(-c2ccccc2C)c(C(=O)NC(CCSC)C(=O)O)cc1F. The van der Waals surface area contributed by atoms with Crippen molar-refractivity contribution in [3.05, 3.63) is 58.9 Å². The smallest absolute Gasteiger partial charge is 0.326 e. The lowest BCUT2D eigenvalue weighted by Gasteiger charge is -2.27. The van der Waals surface area contributed by atoms with E-state index in [0.29, 0.717) is 35.9 Å². The number of rotatable bonds is 15. The van der Waals surface area contributed by atoms with Gasteiger partial charge in [-0.2, -0.15) is 23.5 Å². The highest BCUT2D eigenvalue weighted by Gasteiger charge is 2.25. The summed E-state index contributed by atoms with van der Waals surface area (Å²) < 4.78 is 15.5. The van der Waals surface area contributed by atoms with Crippen LogP contribution in [0.3, 0.4) is 0 Å². The first kappa shape index (κ1) is 31.5. The highest BCUT2D eigenvalue weighted by molar-refractivity contribution is 7.99. The molecule has 1 saturated carbocycles. The predicted molar refractivity (Wildman–Crippen MR) is 163 cm³/mol. The zero-order chi connectivity index (χ0) is 28.2. The maximum Gasteiger partial charge on any atom is 0.326 e. The summed E-state index contributed by atoms with van der Waals surface area (Å²) in [5.41, 5.74) is 3.08. The lowest BCUT2D eigenvalue weighted by Crippen LogP contribution is -2.41. The molecular formula is C31H43FN2O3S2. The average molecular weight is 575 g/mol. The summed E-state index contributed by atoms with van der Waals surface area (Å²) >= 11 is 3.42. The molecule has 3 rings (SSSR count). The van der Waals surface area contributed by atoms with Crippen molar-refractivity contribution in [3.8, 4) is 11.1 Å². The summed E-state index contributed by atoms with van der Waals surface area (Å²) in [5.74, 6) is 1.24. The average Bonchev–Trinajstić information content (AvgIpc) is 2.93. The van der Waals surface area contributed by atoms with Gasteiger partial charge in [-0.25, -0.2) is 9.18 Å². The third-order valence-electron chi connectivity index (χ3n) is 7.53. The molecule has 0 aliphatic heterocycles. The second-order valence-electron chi connectivity index (χ2n) is 10.4. The zero-order valence-electron chi connectivity index (χ0n) is 23.4. The maximum atomic E-state index is 15.5. The Labute approximate surface area is 241 Å². The fourth-order valence-electron chi connectivity index (χ4n) is 5.32. The Morgan fingerprint density at radius 1 is 1.13 bits per heavy atom. The van der Waals surface area contributed by atoms with Crippen LogP contribution in [0.15, 0.2) is 36.4 Å². The van der Waals surface area contributed by atoms with Gasteiger partial charge in [-0.05, 0) is 72.3 Å². The van der Waals surface area contributed by atoms with Gasteiger partial charge in [-0.1, -0.05) is 63.3 Å². The van der Waals surface area contributed by atoms with Crippen LogP contribution in [0.4, 0.5) is 4.39 Å². The van der Waals surface area contributed by atoms with Crippen LogP contribution in [0.25, 0.3) is 11.1 Å². The highest BCUT2D eigenvalue weighted by atomic mass is 32.2. The number of halogens is 1. The molecule has 5 nitrogen and oxygen atoms in total. The number of nitrogens with one attached hydrogen (secondary N) is 2. The third kappa shape index (κ3) is 9.54. The normalized spacial score (nSPS) is 15.6. The van der Waals surface area contributed by atoms with E-state index >= 15 is 4.39 Å². The molecule has 2 atom stereocenters. The van der Waals surface area contributed by atoms with E-state index < -0.39 is 23.7 Å².